The van der Waals surface area contributed by atoms with Crippen molar-refractivity contribution in [3.63, 3.8) is 0 Å². The highest BCUT2D eigenvalue weighted by Crippen LogP contribution is 2.06. The fraction of sp³-hybridized carbons (Fsp3) is 0.889. The molecular formula is C9H19FN2O2. The molecule has 5 heteroatoms. The molecule has 1 atom stereocenters. The molecule has 14 heavy (non-hydrogen) atoms. The maximum Gasteiger partial charge on any atom is 0.407 e. The van der Waals surface area contributed by atoms with Gasteiger partial charge in [-0.3, -0.25) is 4.39 Å². The van der Waals surface area contributed by atoms with Gasteiger partial charge in [0.2, 0.25) is 0 Å². The van der Waals surface area contributed by atoms with Gasteiger partial charge in [-0.15, -0.1) is 0 Å². The van der Waals surface area contributed by atoms with Crippen molar-refractivity contribution in [3.8, 4) is 0 Å². The zero-order chi connectivity index (χ0) is 11.2. The van der Waals surface area contributed by atoms with Gasteiger partial charge in [0.25, 0.3) is 0 Å². The summed E-state index contributed by atoms with van der Waals surface area (Å²) in [6.45, 7) is 5.19. The molecule has 0 heterocycles. The van der Waals surface area contributed by atoms with Crippen molar-refractivity contribution in [3.05, 3.63) is 0 Å². The lowest BCUT2D eigenvalue weighted by Gasteiger charge is -2.20. The van der Waals surface area contributed by atoms with Gasteiger partial charge < -0.3 is 15.8 Å². The number of carbonyl (C=O) groups is 1. The number of hydrogen-bond acceptors (Lipinski definition) is 3. The molecule has 84 valence electrons. The van der Waals surface area contributed by atoms with E-state index in [1.807, 2.05) is 0 Å². The highest BCUT2D eigenvalue weighted by molar-refractivity contribution is 5.67. The van der Waals surface area contributed by atoms with Crippen LogP contribution < -0.4 is 11.1 Å². The highest BCUT2D eigenvalue weighted by atomic mass is 19.1. The van der Waals surface area contributed by atoms with E-state index in [2.05, 4.69) is 5.32 Å². The molecule has 0 saturated carbocycles. The van der Waals surface area contributed by atoms with Crippen LogP contribution in [0.4, 0.5) is 9.18 Å². The normalized spacial score (nSPS) is 13.5. The first-order chi connectivity index (χ1) is 6.39. The van der Waals surface area contributed by atoms with Gasteiger partial charge >= 0.3 is 6.09 Å². The van der Waals surface area contributed by atoms with E-state index in [4.69, 9.17) is 10.5 Å². The SMILES string of the molecule is CC(C)(C)OC(=O)NCC(CN)CF. The number of amides is 1. The molecule has 0 bridgehead atoms. The Labute approximate surface area is 84.0 Å². The first kappa shape index (κ1) is 13.2. The van der Waals surface area contributed by atoms with Crippen LogP contribution >= 0.6 is 0 Å². The molecule has 0 spiro atoms. The average Bonchev–Trinajstić information content (AvgIpc) is 2.03. The molecule has 4 nitrogen and oxygen atoms in total. The lowest BCUT2D eigenvalue weighted by atomic mass is 10.2. The molecule has 0 radical (unpaired) electrons. The fourth-order valence-corrected chi connectivity index (χ4v) is 0.743. The van der Waals surface area contributed by atoms with E-state index in [9.17, 15) is 9.18 Å². The molecule has 1 unspecified atom stereocenters. The number of nitrogens with one attached hydrogen (secondary N) is 1. The molecule has 0 aliphatic heterocycles. The Bertz CT molecular complexity index is 176. The monoisotopic (exact) mass is 206 g/mol. The number of ether oxygens (including phenoxy) is 1. The average molecular weight is 206 g/mol. The molecule has 0 saturated heterocycles. The summed E-state index contributed by atoms with van der Waals surface area (Å²) < 4.78 is 17.1. The lowest BCUT2D eigenvalue weighted by Crippen LogP contribution is -2.37. The number of alkyl carbamates (subject to hydrolysis) is 1. The number of nitrogens with two attached hydrogens (primary N) is 1. The Morgan fingerprint density at radius 2 is 2.14 bits per heavy atom. The predicted octanol–water partition coefficient (Wildman–Crippen LogP) is 1.06. The van der Waals surface area contributed by atoms with Crippen LogP contribution in [0.3, 0.4) is 0 Å². The molecule has 0 aliphatic rings. The maximum atomic E-state index is 12.2. The van der Waals surface area contributed by atoms with Crippen LogP contribution in [-0.4, -0.2) is 31.5 Å². The van der Waals surface area contributed by atoms with Crippen LogP contribution in [0.25, 0.3) is 0 Å². The third kappa shape index (κ3) is 6.65. The van der Waals surface area contributed by atoms with Crippen LogP contribution in [0.5, 0.6) is 0 Å². The Hall–Kier alpha value is -0.840. The van der Waals surface area contributed by atoms with Crippen LogP contribution in [0.1, 0.15) is 20.8 Å². The molecule has 1 amide bonds. The summed E-state index contributed by atoms with van der Waals surface area (Å²) in [5.41, 5.74) is 4.73. The summed E-state index contributed by atoms with van der Waals surface area (Å²) in [5, 5.41) is 2.46. The molecule has 3 N–H and O–H groups in total. The van der Waals surface area contributed by atoms with Crippen molar-refractivity contribution in [2.75, 3.05) is 19.8 Å². The minimum atomic E-state index is -0.538. The van der Waals surface area contributed by atoms with Crippen molar-refractivity contribution >= 4 is 6.09 Å². The second-order valence-electron chi connectivity index (χ2n) is 4.14. The Balaban J connectivity index is 3.74. The van der Waals surface area contributed by atoms with Crippen LogP contribution in [0.2, 0.25) is 0 Å². The lowest BCUT2D eigenvalue weighted by molar-refractivity contribution is 0.0518. The molecule has 0 fully saturated rings. The largest absolute Gasteiger partial charge is 0.444 e. The van der Waals surface area contributed by atoms with Gasteiger partial charge in [0, 0.05) is 12.5 Å². The summed E-state index contributed by atoms with van der Waals surface area (Å²) >= 11 is 0. The van der Waals surface area contributed by atoms with Crippen LogP contribution in [0.15, 0.2) is 0 Å². The number of carbonyl (C=O) groups excluding carboxylic acids is 1. The van der Waals surface area contributed by atoms with E-state index < -0.39 is 18.4 Å². The van der Waals surface area contributed by atoms with Gasteiger partial charge in [-0.05, 0) is 27.3 Å². The summed E-state index contributed by atoms with van der Waals surface area (Å²) in [4.78, 5) is 11.1. The second-order valence-corrected chi connectivity index (χ2v) is 4.14. The summed E-state index contributed by atoms with van der Waals surface area (Å²) in [6, 6.07) is 0. The standard InChI is InChI=1S/C9H19FN2O2/c1-9(2,3)14-8(13)12-6-7(4-10)5-11/h7H,4-6,11H2,1-3H3,(H,12,13). The van der Waals surface area contributed by atoms with Gasteiger partial charge in [0.15, 0.2) is 0 Å². The number of hydrogen-bond donors (Lipinski definition) is 2. The first-order valence-corrected chi connectivity index (χ1v) is 4.62. The number of halogens is 1. The topological polar surface area (TPSA) is 64.3 Å². The van der Waals surface area contributed by atoms with Crippen LogP contribution in [0, 0.1) is 5.92 Å². The minimum absolute atomic E-state index is 0.210. The highest BCUT2D eigenvalue weighted by Gasteiger charge is 2.16. The molecule has 0 aromatic carbocycles. The summed E-state index contributed by atoms with van der Waals surface area (Å²) in [6.07, 6.45) is -0.538. The number of alkyl halides is 1. The van der Waals surface area contributed by atoms with E-state index in [-0.39, 0.29) is 19.0 Å². The van der Waals surface area contributed by atoms with E-state index in [1.165, 1.54) is 0 Å². The third-order valence-corrected chi connectivity index (χ3v) is 1.49. The van der Waals surface area contributed by atoms with E-state index in [1.54, 1.807) is 20.8 Å². The van der Waals surface area contributed by atoms with E-state index in [0.717, 1.165) is 0 Å². The maximum absolute atomic E-state index is 12.2. The van der Waals surface area contributed by atoms with Gasteiger partial charge in [0.05, 0.1) is 6.67 Å². The smallest absolute Gasteiger partial charge is 0.407 e. The molecule has 0 aromatic heterocycles. The van der Waals surface area contributed by atoms with Gasteiger partial charge in [-0.25, -0.2) is 4.79 Å². The van der Waals surface area contributed by atoms with Gasteiger partial charge in [-0.1, -0.05) is 0 Å². The van der Waals surface area contributed by atoms with E-state index >= 15 is 0 Å². The fourth-order valence-electron chi connectivity index (χ4n) is 0.743. The van der Waals surface area contributed by atoms with Crippen molar-refractivity contribution in [2.24, 2.45) is 11.7 Å². The van der Waals surface area contributed by atoms with Crippen molar-refractivity contribution < 1.29 is 13.9 Å². The molecular weight excluding hydrogens is 187 g/mol. The minimum Gasteiger partial charge on any atom is -0.444 e. The second kappa shape index (κ2) is 5.80. The molecule has 0 rings (SSSR count). The van der Waals surface area contributed by atoms with Gasteiger partial charge in [-0.2, -0.15) is 0 Å². The zero-order valence-electron chi connectivity index (χ0n) is 8.97. The molecule has 0 aliphatic carbocycles. The Kier molecular flexibility index (Phi) is 5.45. The number of rotatable bonds is 4. The van der Waals surface area contributed by atoms with Crippen molar-refractivity contribution in [2.45, 2.75) is 26.4 Å². The molecule has 0 aromatic rings. The Morgan fingerprint density at radius 3 is 2.50 bits per heavy atom. The van der Waals surface area contributed by atoms with E-state index in [0.29, 0.717) is 0 Å². The Morgan fingerprint density at radius 1 is 1.57 bits per heavy atom. The first-order valence-electron chi connectivity index (χ1n) is 4.62. The third-order valence-electron chi connectivity index (χ3n) is 1.49. The van der Waals surface area contributed by atoms with Crippen molar-refractivity contribution in [1.29, 1.82) is 0 Å². The van der Waals surface area contributed by atoms with Crippen LogP contribution in [-0.2, 0) is 4.74 Å². The van der Waals surface area contributed by atoms with Crippen molar-refractivity contribution in [1.82, 2.24) is 5.32 Å². The van der Waals surface area contributed by atoms with Gasteiger partial charge in [0.1, 0.15) is 5.60 Å². The summed E-state index contributed by atoms with van der Waals surface area (Å²) in [5.74, 6) is -0.331. The predicted molar refractivity (Wildman–Crippen MR) is 52.8 cm³/mol. The quantitative estimate of drug-likeness (QED) is 0.722. The summed E-state index contributed by atoms with van der Waals surface area (Å²) in [7, 11) is 0. The zero-order valence-corrected chi connectivity index (χ0v) is 8.97.